The summed E-state index contributed by atoms with van der Waals surface area (Å²) in [5.41, 5.74) is 2.28. The first-order valence-corrected chi connectivity index (χ1v) is 9.08. The Morgan fingerprint density at radius 1 is 0.857 bits per heavy atom. The third kappa shape index (κ3) is 3.80. The van der Waals surface area contributed by atoms with Crippen LogP contribution in [0, 0.1) is 13.8 Å². The van der Waals surface area contributed by atoms with Crippen molar-refractivity contribution in [2.45, 2.75) is 40.8 Å². The summed E-state index contributed by atoms with van der Waals surface area (Å²) in [6.07, 6.45) is 0. The molecule has 10 heteroatoms. The van der Waals surface area contributed by atoms with Crippen molar-refractivity contribution in [2.75, 3.05) is 10.6 Å². The first kappa shape index (κ1) is 19.3. The van der Waals surface area contributed by atoms with Crippen LogP contribution in [0.4, 0.5) is 11.6 Å². The van der Waals surface area contributed by atoms with Gasteiger partial charge in [0.05, 0.1) is 0 Å². The molecule has 0 aliphatic carbocycles. The fourth-order valence-corrected chi connectivity index (χ4v) is 2.93. The number of aromatic nitrogens is 6. The van der Waals surface area contributed by atoms with Crippen molar-refractivity contribution < 1.29 is 9.59 Å². The number of hydrogen-bond donors (Lipinski definition) is 2. The molecule has 0 saturated carbocycles. The number of anilines is 2. The van der Waals surface area contributed by atoms with Gasteiger partial charge in [0, 0.05) is 49.7 Å². The van der Waals surface area contributed by atoms with Crippen LogP contribution in [0.3, 0.4) is 0 Å². The zero-order chi connectivity index (χ0) is 20.4. The maximum atomic E-state index is 12.6. The van der Waals surface area contributed by atoms with Crippen LogP contribution in [0.1, 0.15) is 46.2 Å². The predicted molar refractivity (Wildman–Crippen MR) is 104 cm³/mol. The molecular weight excluding hydrogens is 360 g/mol. The molecule has 10 nitrogen and oxygen atoms in total. The second kappa shape index (κ2) is 7.67. The monoisotopic (exact) mass is 384 g/mol. The van der Waals surface area contributed by atoms with Gasteiger partial charge in [0.2, 0.25) is 0 Å². The number of carbonyl (C=O) groups excluding carboxylic acids is 2. The summed E-state index contributed by atoms with van der Waals surface area (Å²) in [4.78, 5) is 25.0. The summed E-state index contributed by atoms with van der Waals surface area (Å²) in [6, 6.07) is 5.01. The number of nitrogens with one attached hydrogen (secondary N) is 2. The van der Waals surface area contributed by atoms with Crippen molar-refractivity contribution in [3.05, 3.63) is 41.0 Å². The van der Waals surface area contributed by atoms with Gasteiger partial charge in [-0.05, 0) is 27.7 Å². The molecule has 0 atom stereocenters. The zero-order valence-corrected chi connectivity index (χ0v) is 16.6. The van der Waals surface area contributed by atoms with Crippen molar-refractivity contribution >= 4 is 23.5 Å². The van der Waals surface area contributed by atoms with E-state index in [4.69, 9.17) is 0 Å². The highest BCUT2D eigenvalue weighted by molar-refractivity contribution is 6.07. The van der Waals surface area contributed by atoms with Crippen LogP contribution in [-0.4, -0.2) is 41.2 Å². The Labute approximate surface area is 162 Å². The Hall–Kier alpha value is -3.43. The minimum absolute atomic E-state index is 0.131. The van der Waals surface area contributed by atoms with Crippen LogP contribution in [0.2, 0.25) is 0 Å². The summed E-state index contributed by atoms with van der Waals surface area (Å²) in [7, 11) is 1.61. The van der Waals surface area contributed by atoms with E-state index >= 15 is 0 Å². The Bertz CT molecular complexity index is 1030. The maximum absolute atomic E-state index is 12.6. The fraction of sp³-hybridized carbons (Fsp3) is 0.389. The Balaban J connectivity index is 1.73. The molecule has 0 bridgehead atoms. The number of aryl methyl sites for hydroxylation is 5. The summed E-state index contributed by atoms with van der Waals surface area (Å²) < 4.78 is 4.93. The lowest BCUT2D eigenvalue weighted by molar-refractivity contribution is 0.101. The van der Waals surface area contributed by atoms with E-state index in [1.54, 1.807) is 28.5 Å². The van der Waals surface area contributed by atoms with Gasteiger partial charge in [-0.2, -0.15) is 15.3 Å². The van der Waals surface area contributed by atoms with E-state index in [0.717, 1.165) is 11.4 Å². The van der Waals surface area contributed by atoms with E-state index in [-0.39, 0.29) is 17.3 Å². The van der Waals surface area contributed by atoms with Crippen LogP contribution in [0.25, 0.3) is 0 Å². The summed E-state index contributed by atoms with van der Waals surface area (Å²) in [6.45, 7) is 9.20. The quantitative estimate of drug-likeness (QED) is 0.675. The van der Waals surface area contributed by atoms with Crippen LogP contribution >= 0.6 is 0 Å². The molecule has 0 radical (unpaired) electrons. The van der Waals surface area contributed by atoms with E-state index in [2.05, 4.69) is 25.9 Å². The van der Waals surface area contributed by atoms with Crippen LogP contribution < -0.4 is 10.6 Å². The third-order valence-electron chi connectivity index (χ3n) is 4.39. The minimum Gasteiger partial charge on any atom is -0.304 e. The molecule has 3 aromatic heterocycles. The third-order valence-corrected chi connectivity index (χ3v) is 4.39. The van der Waals surface area contributed by atoms with Crippen molar-refractivity contribution in [3.63, 3.8) is 0 Å². The fourth-order valence-electron chi connectivity index (χ4n) is 2.93. The molecule has 2 N–H and O–H groups in total. The summed E-state index contributed by atoms with van der Waals surface area (Å²) >= 11 is 0. The van der Waals surface area contributed by atoms with Crippen molar-refractivity contribution in [2.24, 2.45) is 7.05 Å². The van der Waals surface area contributed by atoms with Crippen LogP contribution in [0.15, 0.2) is 18.2 Å². The van der Waals surface area contributed by atoms with E-state index in [1.807, 2.05) is 27.7 Å². The second-order valence-corrected chi connectivity index (χ2v) is 6.42. The molecule has 0 fully saturated rings. The molecule has 0 unspecified atom stereocenters. The SMILES string of the molecule is CCn1nc(NC(=O)c2cc(C(=O)Nc3cc(C)n(CC)n3)n(C)n2)cc1C. The molecule has 148 valence electrons. The van der Waals surface area contributed by atoms with E-state index in [0.29, 0.717) is 24.7 Å². The molecular formula is C18H24N8O2. The van der Waals surface area contributed by atoms with Crippen molar-refractivity contribution in [3.8, 4) is 0 Å². The normalized spacial score (nSPS) is 10.9. The molecule has 0 aliphatic rings. The summed E-state index contributed by atoms with van der Waals surface area (Å²) in [5.74, 6) is 0.0844. The van der Waals surface area contributed by atoms with Gasteiger partial charge in [-0.25, -0.2) is 0 Å². The lowest BCUT2D eigenvalue weighted by Crippen LogP contribution is -2.16. The minimum atomic E-state index is -0.429. The smallest absolute Gasteiger partial charge is 0.277 e. The van der Waals surface area contributed by atoms with Crippen LogP contribution in [0.5, 0.6) is 0 Å². The largest absolute Gasteiger partial charge is 0.304 e. The van der Waals surface area contributed by atoms with Crippen molar-refractivity contribution in [1.29, 1.82) is 0 Å². The standard InChI is InChI=1S/C18H24N8O2/c1-6-25-11(3)8-15(22-25)19-17(27)13-10-14(24(5)21-13)18(28)20-16-9-12(4)26(7-2)23-16/h8-10H,6-7H2,1-5H3,(H,19,22,27)(H,20,23,28). The summed E-state index contributed by atoms with van der Waals surface area (Å²) in [5, 5.41) is 18.2. The van der Waals surface area contributed by atoms with Crippen LogP contribution in [-0.2, 0) is 20.1 Å². The Morgan fingerprint density at radius 3 is 1.82 bits per heavy atom. The average Bonchev–Trinajstić information content (AvgIpc) is 3.31. The topological polar surface area (TPSA) is 112 Å². The molecule has 3 heterocycles. The second-order valence-electron chi connectivity index (χ2n) is 6.42. The highest BCUT2D eigenvalue weighted by Gasteiger charge is 2.19. The lowest BCUT2D eigenvalue weighted by atomic mass is 10.3. The first-order chi connectivity index (χ1) is 13.3. The van der Waals surface area contributed by atoms with E-state index < -0.39 is 5.91 Å². The molecule has 0 spiro atoms. The Morgan fingerprint density at radius 2 is 1.36 bits per heavy atom. The predicted octanol–water partition coefficient (Wildman–Crippen LogP) is 1.97. The van der Waals surface area contributed by atoms with Gasteiger partial charge in [0.1, 0.15) is 5.69 Å². The molecule has 0 aromatic carbocycles. The van der Waals surface area contributed by atoms with E-state index in [1.165, 1.54) is 10.7 Å². The van der Waals surface area contributed by atoms with Crippen molar-refractivity contribution in [1.82, 2.24) is 29.3 Å². The highest BCUT2D eigenvalue weighted by atomic mass is 16.2. The first-order valence-electron chi connectivity index (χ1n) is 9.08. The van der Waals surface area contributed by atoms with E-state index in [9.17, 15) is 9.59 Å². The maximum Gasteiger partial charge on any atom is 0.277 e. The molecule has 3 rings (SSSR count). The molecule has 2 amide bonds. The number of hydrogen-bond acceptors (Lipinski definition) is 5. The number of nitrogens with zero attached hydrogens (tertiary/aromatic N) is 6. The molecule has 28 heavy (non-hydrogen) atoms. The lowest BCUT2D eigenvalue weighted by Gasteiger charge is -2.01. The van der Waals surface area contributed by atoms with Gasteiger partial charge in [-0.1, -0.05) is 0 Å². The van der Waals surface area contributed by atoms with Gasteiger partial charge in [-0.3, -0.25) is 23.6 Å². The average molecular weight is 384 g/mol. The Kier molecular flexibility index (Phi) is 5.30. The highest BCUT2D eigenvalue weighted by Crippen LogP contribution is 2.13. The van der Waals surface area contributed by atoms with Gasteiger partial charge >= 0.3 is 0 Å². The zero-order valence-electron chi connectivity index (χ0n) is 16.6. The van der Waals surface area contributed by atoms with Gasteiger partial charge < -0.3 is 10.6 Å². The number of carbonyl (C=O) groups is 2. The molecule has 0 saturated heterocycles. The van der Waals surface area contributed by atoms with Gasteiger partial charge in [0.25, 0.3) is 11.8 Å². The van der Waals surface area contributed by atoms with Gasteiger partial charge in [-0.15, -0.1) is 0 Å². The molecule has 0 aliphatic heterocycles. The molecule has 3 aromatic rings. The number of rotatable bonds is 6. The van der Waals surface area contributed by atoms with Gasteiger partial charge in [0.15, 0.2) is 17.3 Å². The number of amides is 2.